The molecule has 1 aliphatic heterocycles. The van der Waals surface area contributed by atoms with Crippen molar-refractivity contribution in [2.24, 2.45) is 0 Å². The van der Waals surface area contributed by atoms with E-state index in [2.05, 4.69) is 10.1 Å². The number of hydrogen-bond donors (Lipinski definition) is 2. The van der Waals surface area contributed by atoms with Gasteiger partial charge in [-0.25, -0.2) is 5.48 Å². The van der Waals surface area contributed by atoms with Crippen molar-refractivity contribution >= 4 is 12.0 Å². The number of hydrogen-bond acceptors (Lipinski definition) is 7. The van der Waals surface area contributed by atoms with E-state index < -0.39 is 29.4 Å². The molecule has 0 unspecified atom stereocenters. The zero-order valence-corrected chi connectivity index (χ0v) is 20.8. The first-order valence-corrected chi connectivity index (χ1v) is 12.1. The number of amides is 1. The van der Waals surface area contributed by atoms with Gasteiger partial charge in [0.25, 0.3) is 11.8 Å². The van der Waals surface area contributed by atoms with Crippen molar-refractivity contribution in [3.05, 3.63) is 82.5 Å². The van der Waals surface area contributed by atoms with Crippen molar-refractivity contribution in [2.45, 2.75) is 44.3 Å². The van der Waals surface area contributed by atoms with E-state index in [9.17, 15) is 31.1 Å². The van der Waals surface area contributed by atoms with Crippen LogP contribution in [0.5, 0.6) is 5.75 Å². The van der Waals surface area contributed by atoms with E-state index in [1.54, 1.807) is 29.2 Å². The fraction of sp³-hybridized carbons (Fsp3) is 0.346. The average Bonchev–Trinajstić information content (AvgIpc) is 3.39. The van der Waals surface area contributed by atoms with E-state index >= 15 is 0 Å². The van der Waals surface area contributed by atoms with Crippen LogP contribution in [0.1, 0.15) is 52.7 Å². The minimum atomic E-state index is -4.88. The van der Waals surface area contributed by atoms with Crippen LogP contribution in [0.3, 0.4) is 0 Å². The zero-order valence-electron chi connectivity index (χ0n) is 20.8. The number of nitrogens with zero attached hydrogens (tertiary/aromatic N) is 3. The van der Waals surface area contributed by atoms with Crippen LogP contribution in [0.15, 0.2) is 53.1 Å². The molecule has 1 aliphatic rings. The molecule has 1 aromatic heterocycles. The predicted octanol–water partition coefficient (Wildman–Crippen LogP) is 5.58. The van der Waals surface area contributed by atoms with E-state index in [1.807, 2.05) is 0 Å². The highest BCUT2D eigenvalue weighted by Crippen LogP contribution is 2.37. The van der Waals surface area contributed by atoms with Crippen LogP contribution in [-0.4, -0.2) is 39.2 Å². The molecule has 40 heavy (non-hydrogen) atoms. The molecule has 0 atom stereocenters. The molecule has 14 heteroatoms. The predicted molar refractivity (Wildman–Crippen MR) is 128 cm³/mol. The van der Waals surface area contributed by atoms with Gasteiger partial charge in [-0.3, -0.25) is 14.9 Å². The van der Waals surface area contributed by atoms with Crippen molar-refractivity contribution < 1.29 is 45.6 Å². The van der Waals surface area contributed by atoms with Gasteiger partial charge < -0.3 is 9.26 Å². The number of aromatic nitrogens is 2. The van der Waals surface area contributed by atoms with Crippen LogP contribution in [0, 0.1) is 0 Å². The van der Waals surface area contributed by atoms with Gasteiger partial charge in [-0.2, -0.15) is 31.3 Å². The van der Waals surface area contributed by atoms with Crippen molar-refractivity contribution in [1.29, 1.82) is 0 Å². The van der Waals surface area contributed by atoms with Crippen LogP contribution >= 0.6 is 0 Å². The monoisotopic (exact) mass is 570 g/mol. The molecule has 1 amide bonds. The summed E-state index contributed by atoms with van der Waals surface area (Å²) in [4.78, 5) is 17.2. The molecule has 4 rings (SSSR count). The van der Waals surface area contributed by atoms with E-state index in [-0.39, 0.29) is 36.6 Å². The summed E-state index contributed by atoms with van der Waals surface area (Å²) in [6.45, 7) is 0.825. The second kappa shape index (κ2) is 12.1. The summed E-state index contributed by atoms with van der Waals surface area (Å²) in [7, 11) is 0. The van der Waals surface area contributed by atoms with Gasteiger partial charge in [0, 0.05) is 18.5 Å². The highest BCUT2D eigenvalue weighted by molar-refractivity contribution is 5.90. The molecule has 2 heterocycles. The molecule has 2 aromatic carbocycles. The number of carbonyl (C=O) groups is 1. The summed E-state index contributed by atoms with van der Waals surface area (Å²) >= 11 is 0. The van der Waals surface area contributed by atoms with Crippen molar-refractivity contribution in [1.82, 2.24) is 20.5 Å². The maximum Gasteiger partial charge on any atom is 0.416 e. The quantitative estimate of drug-likeness (QED) is 0.158. The van der Waals surface area contributed by atoms with Gasteiger partial charge in [0.05, 0.1) is 11.1 Å². The Balaban J connectivity index is 1.30. The lowest BCUT2D eigenvalue weighted by molar-refractivity contribution is -0.143. The van der Waals surface area contributed by atoms with Crippen LogP contribution < -0.4 is 10.2 Å². The number of piperidine rings is 1. The normalized spacial score (nSPS) is 15.5. The lowest BCUT2D eigenvalue weighted by Gasteiger charge is -2.30. The van der Waals surface area contributed by atoms with Crippen LogP contribution in [0.25, 0.3) is 6.08 Å². The number of hydroxylamine groups is 1. The lowest BCUT2D eigenvalue weighted by Crippen LogP contribution is -2.33. The summed E-state index contributed by atoms with van der Waals surface area (Å²) in [6.07, 6.45) is -6.00. The van der Waals surface area contributed by atoms with Gasteiger partial charge in [-0.05, 0) is 73.5 Å². The Hall–Kier alpha value is -3.91. The molecule has 0 saturated carbocycles. The Bertz CT molecular complexity index is 1300. The van der Waals surface area contributed by atoms with Crippen LogP contribution in [-0.2, 0) is 30.3 Å². The molecular formula is C26H24F6N4O4. The topological polar surface area (TPSA) is 101 Å². The Kier molecular flexibility index (Phi) is 8.79. The molecule has 0 spiro atoms. The van der Waals surface area contributed by atoms with Crippen LogP contribution in [0.4, 0.5) is 26.3 Å². The number of halogens is 6. The standard InChI is InChI=1S/C26H24F6N4O4/c27-25(28,29)19-11-17(12-20(13-19)26(30,31)32)14-36-9-7-18(8-10-36)24-33-23(40-35-24)15-39-21-4-1-16(2-5-21)3-6-22(37)34-38/h1-6,11-13,18,38H,7-10,14-15H2,(H,34,37). The number of carbonyl (C=O) groups excluding carboxylic acids is 1. The second-order valence-electron chi connectivity index (χ2n) is 9.18. The second-order valence-corrected chi connectivity index (χ2v) is 9.18. The molecule has 1 saturated heterocycles. The van der Waals surface area contributed by atoms with Gasteiger partial charge >= 0.3 is 12.4 Å². The molecule has 214 valence electrons. The number of ether oxygens (including phenoxy) is 1. The average molecular weight is 570 g/mol. The van der Waals surface area contributed by atoms with E-state index in [4.69, 9.17) is 14.5 Å². The lowest BCUT2D eigenvalue weighted by atomic mass is 9.95. The van der Waals surface area contributed by atoms with E-state index in [1.165, 1.54) is 11.6 Å². The minimum absolute atomic E-state index is 0.00499. The summed E-state index contributed by atoms with van der Waals surface area (Å²) in [5.74, 6) is 0.473. The largest absolute Gasteiger partial charge is 0.484 e. The molecule has 2 N–H and O–H groups in total. The fourth-order valence-electron chi connectivity index (χ4n) is 4.24. The molecule has 0 radical (unpaired) electrons. The van der Waals surface area contributed by atoms with E-state index in [0.29, 0.717) is 43.1 Å². The Labute approximate surface area is 224 Å². The third-order valence-electron chi connectivity index (χ3n) is 6.27. The first kappa shape index (κ1) is 29.1. The Morgan fingerprint density at radius 3 is 2.25 bits per heavy atom. The first-order valence-electron chi connectivity index (χ1n) is 12.1. The summed E-state index contributed by atoms with van der Waals surface area (Å²) in [5, 5.41) is 12.5. The highest BCUT2D eigenvalue weighted by Gasteiger charge is 2.37. The van der Waals surface area contributed by atoms with Gasteiger partial charge in [-0.1, -0.05) is 17.3 Å². The van der Waals surface area contributed by atoms with Crippen molar-refractivity contribution in [3.63, 3.8) is 0 Å². The molecule has 1 fully saturated rings. The SMILES string of the molecule is O=C(C=Cc1ccc(OCc2nc(C3CCN(Cc4cc(C(F)(F)F)cc(C(F)(F)F)c4)CC3)no2)cc1)NO. The number of nitrogens with one attached hydrogen (secondary N) is 1. The molecule has 8 nitrogen and oxygen atoms in total. The third-order valence-corrected chi connectivity index (χ3v) is 6.27. The first-order chi connectivity index (χ1) is 18.9. The molecule has 0 aliphatic carbocycles. The smallest absolute Gasteiger partial charge is 0.416 e. The maximum absolute atomic E-state index is 13.2. The van der Waals surface area contributed by atoms with Crippen LogP contribution in [0.2, 0.25) is 0 Å². The Morgan fingerprint density at radius 2 is 1.68 bits per heavy atom. The number of alkyl halides is 6. The third kappa shape index (κ3) is 7.82. The maximum atomic E-state index is 13.2. The fourth-order valence-corrected chi connectivity index (χ4v) is 4.24. The van der Waals surface area contributed by atoms with E-state index in [0.717, 1.165) is 18.2 Å². The van der Waals surface area contributed by atoms with Gasteiger partial charge in [-0.15, -0.1) is 0 Å². The molecular weight excluding hydrogens is 546 g/mol. The highest BCUT2D eigenvalue weighted by atomic mass is 19.4. The molecule has 3 aromatic rings. The number of rotatable bonds is 8. The van der Waals surface area contributed by atoms with Gasteiger partial charge in [0.1, 0.15) is 5.75 Å². The van der Waals surface area contributed by atoms with Crippen molar-refractivity contribution in [3.8, 4) is 5.75 Å². The summed E-state index contributed by atoms with van der Waals surface area (Å²) in [5.41, 5.74) is -0.511. The minimum Gasteiger partial charge on any atom is -0.484 e. The zero-order chi connectivity index (χ0) is 28.9. The number of benzene rings is 2. The van der Waals surface area contributed by atoms with Gasteiger partial charge in [0.2, 0.25) is 0 Å². The Morgan fingerprint density at radius 1 is 1.05 bits per heavy atom. The number of likely N-dealkylation sites (tertiary alicyclic amines) is 1. The summed E-state index contributed by atoms with van der Waals surface area (Å²) < 4.78 is 89.8. The van der Waals surface area contributed by atoms with Gasteiger partial charge in [0.15, 0.2) is 12.4 Å². The molecule has 0 bridgehead atoms. The van der Waals surface area contributed by atoms with Crippen molar-refractivity contribution in [2.75, 3.05) is 13.1 Å². The summed E-state index contributed by atoms with van der Waals surface area (Å²) in [6, 6.07) is 8.39.